The van der Waals surface area contributed by atoms with Gasteiger partial charge in [-0.25, -0.2) is 19.0 Å². The molecule has 0 unspecified atom stereocenters. The van der Waals surface area contributed by atoms with Gasteiger partial charge in [-0.1, -0.05) is 6.07 Å². The highest BCUT2D eigenvalue weighted by molar-refractivity contribution is 5.52. The van der Waals surface area contributed by atoms with E-state index in [0.717, 1.165) is 6.07 Å². The molecule has 0 aliphatic carbocycles. The van der Waals surface area contributed by atoms with E-state index in [1.54, 1.807) is 6.07 Å². The minimum atomic E-state index is -2.82. The number of phenols is 1. The lowest BCUT2D eigenvalue weighted by atomic mass is 10.1. The number of hydrogen-bond donors (Lipinski definition) is 2. The molecule has 0 spiro atoms. The monoisotopic (exact) mass is 312 g/mol. The number of benzene rings is 2. The van der Waals surface area contributed by atoms with Crippen LogP contribution in [0.25, 0.3) is 0 Å². The number of alkyl halides is 2. The van der Waals surface area contributed by atoms with Crippen molar-refractivity contribution in [3.63, 3.8) is 0 Å². The Morgan fingerprint density at radius 2 is 2.00 bits per heavy atom. The van der Waals surface area contributed by atoms with Crippen LogP contribution in [0.4, 0.5) is 18.9 Å². The molecule has 0 saturated carbocycles. The molecule has 0 heterocycles. The van der Waals surface area contributed by atoms with Crippen molar-refractivity contribution in [3.05, 3.63) is 53.3 Å². The molecule has 118 valence electrons. The summed E-state index contributed by atoms with van der Waals surface area (Å²) in [6.45, 7) is -0.270. The maximum Gasteiger partial charge on any atom is 0.267 e. The summed E-state index contributed by atoms with van der Waals surface area (Å²) in [5.74, 6) is 4.64. The molecule has 22 heavy (non-hydrogen) atoms. The average Bonchev–Trinajstić information content (AvgIpc) is 2.46. The summed E-state index contributed by atoms with van der Waals surface area (Å²) >= 11 is 0. The Bertz CT molecular complexity index is 663. The second kappa shape index (κ2) is 6.57. The smallest absolute Gasteiger partial charge is 0.267 e. The molecule has 4 nitrogen and oxygen atoms in total. The number of halogens is 3. The van der Waals surface area contributed by atoms with Gasteiger partial charge in [-0.15, -0.1) is 0 Å². The molecule has 0 amide bonds. The topological polar surface area (TPSA) is 58.7 Å². The highest BCUT2D eigenvalue weighted by Gasteiger charge is 2.17. The SMILES string of the molecule is CN(N)c1cccc(F)c1COc1ccc(O)cc1C(F)F. The van der Waals surface area contributed by atoms with E-state index in [2.05, 4.69) is 0 Å². The van der Waals surface area contributed by atoms with E-state index < -0.39 is 17.8 Å². The Balaban J connectivity index is 2.28. The molecule has 0 bridgehead atoms. The van der Waals surface area contributed by atoms with Crippen LogP contribution >= 0.6 is 0 Å². The molecule has 0 radical (unpaired) electrons. The van der Waals surface area contributed by atoms with Gasteiger partial charge in [-0.05, 0) is 30.3 Å². The van der Waals surface area contributed by atoms with Crippen LogP contribution in [-0.4, -0.2) is 12.2 Å². The molecule has 0 fully saturated rings. The summed E-state index contributed by atoms with van der Waals surface area (Å²) in [4.78, 5) is 0. The lowest BCUT2D eigenvalue weighted by Gasteiger charge is -2.18. The first-order valence-corrected chi connectivity index (χ1v) is 6.40. The Morgan fingerprint density at radius 1 is 1.27 bits per heavy atom. The minimum Gasteiger partial charge on any atom is -0.508 e. The zero-order valence-corrected chi connectivity index (χ0v) is 11.8. The van der Waals surface area contributed by atoms with Crippen molar-refractivity contribution in [2.75, 3.05) is 12.1 Å². The van der Waals surface area contributed by atoms with E-state index in [-0.39, 0.29) is 23.7 Å². The lowest BCUT2D eigenvalue weighted by molar-refractivity contribution is 0.144. The van der Waals surface area contributed by atoms with Crippen LogP contribution < -0.4 is 15.6 Å². The Kier molecular flexibility index (Phi) is 4.77. The number of hydrogen-bond acceptors (Lipinski definition) is 4. The van der Waals surface area contributed by atoms with Crippen LogP contribution in [-0.2, 0) is 6.61 Å². The number of nitrogens with zero attached hydrogens (tertiary/aromatic N) is 1. The van der Waals surface area contributed by atoms with Gasteiger partial charge in [0.2, 0.25) is 0 Å². The van der Waals surface area contributed by atoms with Crippen molar-refractivity contribution in [2.45, 2.75) is 13.0 Å². The van der Waals surface area contributed by atoms with Crippen molar-refractivity contribution in [1.29, 1.82) is 0 Å². The van der Waals surface area contributed by atoms with E-state index in [9.17, 15) is 18.3 Å². The second-order valence-electron chi connectivity index (χ2n) is 4.66. The number of rotatable bonds is 5. The van der Waals surface area contributed by atoms with Crippen LogP contribution in [0.1, 0.15) is 17.6 Å². The first-order chi connectivity index (χ1) is 10.4. The van der Waals surface area contributed by atoms with E-state index in [1.165, 1.54) is 36.3 Å². The Labute approximate surface area is 125 Å². The number of nitrogens with two attached hydrogens (primary N) is 1. The Morgan fingerprint density at radius 3 is 2.64 bits per heavy atom. The fourth-order valence-electron chi connectivity index (χ4n) is 2.01. The minimum absolute atomic E-state index is 0.123. The zero-order valence-electron chi connectivity index (χ0n) is 11.8. The third-order valence-electron chi connectivity index (χ3n) is 3.07. The molecular formula is C15H15F3N2O2. The van der Waals surface area contributed by atoms with Gasteiger partial charge < -0.3 is 14.9 Å². The highest BCUT2D eigenvalue weighted by atomic mass is 19.3. The summed E-state index contributed by atoms with van der Waals surface area (Å²) in [6, 6.07) is 7.66. The maximum absolute atomic E-state index is 13.9. The van der Waals surface area contributed by atoms with Gasteiger partial charge in [0.15, 0.2) is 0 Å². The molecule has 2 rings (SSSR count). The van der Waals surface area contributed by atoms with Crippen LogP contribution in [0.3, 0.4) is 0 Å². The number of hydrazine groups is 1. The highest BCUT2D eigenvalue weighted by Crippen LogP contribution is 2.33. The lowest BCUT2D eigenvalue weighted by Crippen LogP contribution is -2.27. The molecular weight excluding hydrogens is 297 g/mol. The average molecular weight is 312 g/mol. The maximum atomic E-state index is 13.9. The van der Waals surface area contributed by atoms with Crippen LogP contribution in [0, 0.1) is 5.82 Å². The van der Waals surface area contributed by atoms with E-state index >= 15 is 0 Å². The van der Waals surface area contributed by atoms with Gasteiger partial charge in [0, 0.05) is 12.6 Å². The van der Waals surface area contributed by atoms with Crippen LogP contribution in [0.5, 0.6) is 11.5 Å². The molecule has 0 aliphatic heterocycles. The van der Waals surface area contributed by atoms with Gasteiger partial charge in [0.05, 0.1) is 11.3 Å². The third-order valence-corrected chi connectivity index (χ3v) is 3.07. The van der Waals surface area contributed by atoms with Gasteiger partial charge in [-0.2, -0.15) is 0 Å². The van der Waals surface area contributed by atoms with Crippen LogP contribution in [0.2, 0.25) is 0 Å². The molecule has 0 aliphatic rings. The first-order valence-electron chi connectivity index (χ1n) is 6.40. The van der Waals surface area contributed by atoms with Gasteiger partial charge in [0.25, 0.3) is 6.43 Å². The molecule has 2 aromatic carbocycles. The summed E-state index contributed by atoms with van der Waals surface area (Å²) in [5, 5.41) is 10.5. The van der Waals surface area contributed by atoms with Crippen LogP contribution in [0.15, 0.2) is 36.4 Å². The number of aromatic hydroxyl groups is 1. The van der Waals surface area contributed by atoms with Crippen molar-refractivity contribution >= 4 is 5.69 Å². The molecule has 0 saturated heterocycles. The predicted molar refractivity (Wildman–Crippen MR) is 76.4 cm³/mol. The molecule has 2 aromatic rings. The number of ether oxygens (including phenoxy) is 1. The van der Waals surface area contributed by atoms with E-state index in [0.29, 0.717) is 5.69 Å². The van der Waals surface area contributed by atoms with Crippen molar-refractivity contribution < 1.29 is 23.0 Å². The summed E-state index contributed by atoms with van der Waals surface area (Å²) in [5.41, 5.74) is 0.0807. The third kappa shape index (κ3) is 3.43. The molecule has 7 heteroatoms. The standard InChI is InChI=1S/C15H15F3N2O2/c1-20(19)13-4-2-3-12(16)11(13)8-22-14-6-5-9(21)7-10(14)15(17)18/h2-7,15,21H,8,19H2,1H3. The summed E-state index contributed by atoms with van der Waals surface area (Å²) in [6.07, 6.45) is -2.82. The van der Waals surface area contributed by atoms with Gasteiger partial charge in [0.1, 0.15) is 23.9 Å². The quantitative estimate of drug-likeness (QED) is 0.656. The Hall–Kier alpha value is -2.41. The summed E-state index contributed by atoms with van der Waals surface area (Å²) in [7, 11) is 1.53. The first kappa shape index (κ1) is 16.0. The fraction of sp³-hybridized carbons (Fsp3) is 0.200. The van der Waals surface area contributed by atoms with Crippen molar-refractivity contribution in [3.8, 4) is 11.5 Å². The van der Waals surface area contributed by atoms with Crippen molar-refractivity contribution in [2.24, 2.45) is 5.84 Å². The fourth-order valence-corrected chi connectivity index (χ4v) is 2.01. The predicted octanol–water partition coefficient (Wildman–Crippen LogP) is 3.36. The van der Waals surface area contributed by atoms with E-state index in [1.807, 2.05) is 0 Å². The number of anilines is 1. The van der Waals surface area contributed by atoms with Crippen molar-refractivity contribution in [1.82, 2.24) is 0 Å². The largest absolute Gasteiger partial charge is 0.508 e. The molecule has 3 N–H and O–H groups in total. The molecule has 0 atom stereocenters. The number of phenolic OH excluding ortho intramolecular Hbond substituents is 1. The van der Waals surface area contributed by atoms with Gasteiger partial charge >= 0.3 is 0 Å². The molecule has 0 aromatic heterocycles. The normalized spacial score (nSPS) is 10.8. The second-order valence-corrected chi connectivity index (χ2v) is 4.66. The zero-order chi connectivity index (χ0) is 16.3. The summed E-state index contributed by atoms with van der Waals surface area (Å²) < 4.78 is 45.0. The van der Waals surface area contributed by atoms with Gasteiger partial charge in [-0.3, -0.25) is 0 Å². The van der Waals surface area contributed by atoms with E-state index in [4.69, 9.17) is 10.6 Å².